The number of carbonyl (C=O) groups excluding carboxylic acids is 1. The Morgan fingerprint density at radius 1 is 1.21 bits per heavy atom. The summed E-state index contributed by atoms with van der Waals surface area (Å²) in [4.78, 5) is 27.0. The Balaban J connectivity index is 1.40. The molecule has 0 saturated carbocycles. The molecule has 28 heavy (non-hydrogen) atoms. The molecular weight excluding hydrogens is 352 g/mol. The van der Waals surface area contributed by atoms with Crippen LogP contribution < -0.4 is 0 Å². The van der Waals surface area contributed by atoms with Crippen molar-refractivity contribution in [2.45, 2.75) is 38.2 Å². The fourth-order valence-electron chi connectivity index (χ4n) is 4.70. The van der Waals surface area contributed by atoms with Crippen LogP contribution in [0.2, 0.25) is 0 Å². The monoisotopic (exact) mass is 376 g/mol. The smallest absolute Gasteiger partial charge is 0.256 e. The average Bonchev–Trinajstić information content (AvgIpc) is 3.29. The van der Waals surface area contributed by atoms with Gasteiger partial charge in [0.2, 0.25) is 0 Å². The minimum atomic E-state index is -0.540. The minimum Gasteiger partial charge on any atom is -0.391 e. The third-order valence-electron chi connectivity index (χ3n) is 6.15. The van der Waals surface area contributed by atoms with Crippen LogP contribution in [0.3, 0.4) is 0 Å². The molecule has 0 spiro atoms. The van der Waals surface area contributed by atoms with Crippen LogP contribution in [0.15, 0.2) is 36.8 Å². The summed E-state index contributed by atoms with van der Waals surface area (Å²) >= 11 is 0. The summed E-state index contributed by atoms with van der Waals surface area (Å²) in [6.07, 6.45) is 9.65. The molecule has 3 heterocycles. The number of nitrogens with zero attached hydrogens (tertiary/aromatic N) is 3. The lowest BCUT2D eigenvalue weighted by Crippen LogP contribution is -2.29. The predicted octanol–water partition coefficient (Wildman–Crippen LogP) is 2.51. The molecule has 3 aromatic rings. The van der Waals surface area contributed by atoms with Crippen LogP contribution in [0, 0.1) is 5.92 Å². The lowest BCUT2D eigenvalue weighted by atomic mass is 9.95. The maximum absolute atomic E-state index is 13.3. The summed E-state index contributed by atoms with van der Waals surface area (Å²) in [6, 6.07) is 5.99. The van der Waals surface area contributed by atoms with E-state index in [1.165, 1.54) is 29.5 Å². The summed E-state index contributed by atoms with van der Waals surface area (Å²) in [5.41, 5.74) is 5.16. The number of hydrogen-bond acceptors (Lipinski definition) is 4. The highest BCUT2D eigenvalue weighted by Gasteiger charge is 2.35. The van der Waals surface area contributed by atoms with Gasteiger partial charge in [0.25, 0.3) is 5.91 Å². The third kappa shape index (κ3) is 2.98. The van der Waals surface area contributed by atoms with Gasteiger partial charge in [-0.3, -0.25) is 14.8 Å². The number of nitrogens with one attached hydrogen (secondary N) is 1. The van der Waals surface area contributed by atoms with Gasteiger partial charge < -0.3 is 15.0 Å². The normalized spacial score (nSPS) is 21.8. The first-order chi connectivity index (χ1) is 13.7. The Kier molecular flexibility index (Phi) is 4.36. The topological polar surface area (TPSA) is 82.1 Å². The quantitative estimate of drug-likeness (QED) is 0.736. The van der Waals surface area contributed by atoms with Gasteiger partial charge in [-0.25, -0.2) is 0 Å². The molecule has 6 heteroatoms. The maximum atomic E-state index is 13.3. The fraction of sp³-hybridized carbons (Fsp3) is 0.409. The van der Waals surface area contributed by atoms with Crippen molar-refractivity contribution in [1.29, 1.82) is 0 Å². The molecule has 1 aromatic carbocycles. The van der Waals surface area contributed by atoms with Crippen molar-refractivity contribution in [2.75, 3.05) is 13.1 Å². The Labute approximate surface area is 163 Å². The number of H-pyrrole nitrogens is 1. The summed E-state index contributed by atoms with van der Waals surface area (Å²) in [5, 5.41) is 11.7. The van der Waals surface area contributed by atoms with Crippen LogP contribution in [0.1, 0.15) is 40.2 Å². The van der Waals surface area contributed by atoms with Crippen LogP contribution in [0.25, 0.3) is 10.9 Å². The summed E-state index contributed by atoms with van der Waals surface area (Å²) in [7, 11) is 0. The van der Waals surface area contributed by atoms with Gasteiger partial charge in [-0.2, -0.15) is 0 Å². The fourth-order valence-corrected chi connectivity index (χ4v) is 4.70. The number of aliphatic hydroxyl groups is 1. The van der Waals surface area contributed by atoms with E-state index in [0.717, 1.165) is 24.1 Å². The second-order valence-corrected chi connectivity index (χ2v) is 7.96. The van der Waals surface area contributed by atoms with E-state index in [-0.39, 0.29) is 11.8 Å². The van der Waals surface area contributed by atoms with E-state index in [2.05, 4.69) is 21.0 Å². The van der Waals surface area contributed by atoms with Gasteiger partial charge in [-0.05, 0) is 43.7 Å². The molecule has 1 fully saturated rings. The molecule has 2 aromatic heterocycles. The number of hydrogen-bond donors (Lipinski definition) is 2. The molecule has 2 atom stereocenters. The van der Waals surface area contributed by atoms with Crippen molar-refractivity contribution < 1.29 is 9.90 Å². The first-order valence-corrected chi connectivity index (χ1v) is 10.1. The first kappa shape index (κ1) is 17.4. The first-order valence-electron chi connectivity index (χ1n) is 10.1. The zero-order chi connectivity index (χ0) is 19.1. The van der Waals surface area contributed by atoms with E-state index in [1.807, 2.05) is 12.1 Å². The van der Waals surface area contributed by atoms with E-state index in [0.29, 0.717) is 25.1 Å². The molecule has 5 rings (SSSR count). The van der Waals surface area contributed by atoms with E-state index in [4.69, 9.17) is 0 Å². The van der Waals surface area contributed by atoms with Gasteiger partial charge in [0, 0.05) is 48.7 Å². The molecule has 144 valence electrons. The molecule has 1 aliphatic carbocycles. The molecular formula is C22H24N4O2. The number of likely N-dealkylation sites (tertiary alicyclic amines) is 1. The number of aromatic amines is 1. The number of para-hydroxylation sites is 1. The van der Waals surface area contributed by atoms with Crippen molar-refractivity contribution in [3.63, 3.8) is 0 Å². The highest BCUT2D eigenvalue weighted by atomic mass is 16.3. The second-order valence-electron chi connectivity index (χ2n) is 7.96. The zero-order valence-corrected chi connectivity index (χ0v) is 15.8. The Bertz CT molecular complexity index is 1010. The molecule has 0 unspecified atom stereocenters. The molecule has 1 aliphatic heterocycles. The third-order valence-corrected chi connectivity index (χ3v) is 6.15. The van der Waals surface area contributed by atoms with E-state index in [1.54, 1.807) is 23.5 Å². The van der Waals surface area contributed by atoms with Crippen LogP contribution >= 0.6 is 0 Å². The van der Waals surface area contributed by atoms with Crippen molar-refractivity contribution in [1.82, 2.24) is 19.9 Å². The van der Waals surface area contributed by atoms with E-state index >= 15 is 0 Å². The number of rotatable bonds is 3. The number of aromatic nitrogens is 3. The van der Waals surface area contributed by atoms with Gasteiger partial charge in [-0.15, -0.1) is 0 Å². The molecule has 2 N–H and O–H groups in total. The number of amides is 1. The summed E-state index contributed by atoms with van der Waals surface area (Å²) in [6.45, 7) is 0.897. The van der Waals surface area contributed by atoms with Gasteiger partial charge in [-0.1, -0.05) is 12.1 Å². The molecule has 6 nitrogen and oxygen atoms in total. The van der Waals surface area contributed by atoms with Crippen molar-refractivity contribution in [3.05, 3.63) is 59.3 Å². The number of carbonyl (C=O) groups is 1. The van der Waals surface area contributed by atoms with Gasteiger partial charge in [0.1, 0.15) is 0 Å². The molecule has 2 aliphatic rings. The minimum absolute atomic E-state index is 0.00936. The predicted molar refractivity (Wildman–Crippen MR) is 106 cm³/mol. The van der Waals surface area contributed by atoms with Gasteiger partial charge >= 0.3 is 0 Å². The van der Waals surface area contributed by atoms with Gasteiger partial charge in [0.15, 0.2) is 0 Å². The number of β-amino-alcohol motifs (C(OH)–C–C–N with tert-alkyl or cyclic N) is 1. The van der Waals surface area contributed by atoms with E-state index < -0.39 is 6.10 Å². The van der Waals surface area contributed by atoms with Gasteiger partial charge in [0.05, 0.1) is 22.9 Å². The van der Waals surface area contributed by atoms with Crippen molar-refractivity contribution >= 4 is 16.8 Å². The maximum Gasteiger partial charge on any atom is 0.256 e. The lowest BCUT2D eigenvalue weighted by molar-refractivity contribution is 0.0766. The number of fused-ring (bicyclic) bond motifs is 3. The molecule has 1 saturated heterocycles. The van der Waals surface area contributed by atoms with E-state index in [9.17, 15) is 9.90 Å². The number of benzene rings is 1. The SMILES string of the molecule is O=C(c1cccc2c3c([nH]c12)CCCC3)N1C[C@@H](Cc2cnccn2)[C@H](O)C1. The number of aryl methyl sites for hydroxylation is 2. The number of aliphatic hydroxyl groups excluding tert-OH is 1. The Hall–Kier alpha value is -2.73. The Morgan fingerprint density at radius 3 is 2.96 bits per heavy atom. The molecule has 0 bridgehead atoms. The van der Waals surface area contributed by atoms with Crippen molar-refractivity contribution in [3.8, 4) is 0 Å². The zero-order valence-electron chi connectivity index (χ0n) is 15.8. The lowest BCUT2D eigenvalue weighted by Gasteiger charge is -2.16. The summed E-state index contributed by atoms with van der Waals surface area (Å²) in [5.74, 6) is -0.0263. The highest BCUT2D eigenvalue weighted by molar-refractivity contribution is 6.07. The summed E-state index contributed by atoms with van der Waals surface area (Å²) < 4.78 is 0. The highest BCUT2D eigenvalue weighted by Crippen LogP contribution is 2.32. The second kappa shape index (κ2) is 7.02. The largest absolute Gasteiger partial charge is 0.391 e. The van der Waals surface area contributed by atoms with Crippen LogP contribution in [0.4, 0.5) is 0 Å². The molecule has 0 radical (unpaired) electrons. The standard InChI is InChI=1S/C22H24N4O2/c27-20-13-26(12-14(20)10-15-11-23-8-9-24-15)22(28)18-6-3-5-17-16-4-1-2-7-19(16)25-21(17)18/h3,5-6,8-9,11,14,20,25,27H,1-2,4,7,10,12-13H2/t14-,20-/m1/s1. The van der Waals surface area contributed by atoms with Crippen LogP contribution in [0.5, 0.6) is 0 Å². The average molecular weight is 376 g/mol. The Morgan fingerprint density at radius 2 is 2.11 bits per heavy atom. The van der Waals surface area contributed by atoms with Crippen molar-refractivity contribution in [2.24, 2.45) is 5.92 Å². The van der Waals surface area contributed by atoms with Crippen LogP contribution in [-0.2, 0) is 19.3 Å². The van der Waals surface area contributed by atoms with Crippen LogP contribution in [-0.4, -0.2) is 50.1 Å². The molecule has 1 amide bonds.